The highest BCUT2D eigenvalue weighted by Gasteiger charge is 2.19. The quantitative estimate of drug-likeness (QED) is 0.324. The fourth-order valence-corrected chi connectivity index (χ4v) is 3.17. The van der Waals surface area contributed by atoms with Gasteiger partial charge in [0.1, 0.15) is 5.82 Å². The number of hydrogen-bond donors (Lipinski definition) is 0. The molecule has 1 heterocycles. The zero-order chi connectivity index (χ0) is 20.6. The minimum Gasteiger partial charge on any atom is -0.337 e. The summed E-state index contributed by atoms with van der Waals surface area (Å²) in [5.74, 6) is -0.328. The van der Waals surface area contributed by atoms with Crippen LogP contribution in [0, 0.1) is 15.9 Å². The van der Waals surface area contributed by atoms with Gasteiger partial charge in [0.15, 0.2) is 0 Å². The van der Waals surface area contributed by atoms with Gasteiger partial charge in [-0.1, -0.05) is 36.4 Å². The number of carbonyl (C=O) groups excluding carboxylic acids is 1. The van der Waals surface area contributed by atoms with Gasteiger partial charge in [-0.15, -0.1) is 0 Å². The molecule has 0 aliphatic carbocycles. The number of rotatable bonds is 6. The number of nitrogens with zero attached hydrogens (tertiary/aromatic N) is 3. The standard InChI is InChI=1S/C22H22FN3O3/c23-20-11-9-18(10-12-20)17-24-13-15-25(16-14-24)22(27)8-4-2-6-19-5-1-3-7-21(19)26(28)29/h1-12H,13-17H2. The molecule has 0 radical (unpaired) electrons. The molecule has 7 heteroatoms. The van der Waals surface area contributed by atoms with Crippen LogP contribution in [0.1, 0.15) is 11.1 Å². The van der Waals surface area contributed by atoms with Crippen LogP contribution in [0.5, 0.6) is 0 Å². The number of nitro benzene ring substituents is 1. The van der Waals surface area contributed by atoms with Crippen molar-refractivity contribution in [1.29, 1.82) is 0 Å². The van der Waals surface area contributed by atoms with E-state index in [9.17, 15) is 19.3 Å². The van der Waals surface area contributed by atoms with Crippen molar-refractivity contribution in [1.82, 2.24) is 9.80 Å². The summed E-state index contributed by atoms with van der Waals surface area (Å²) in [6.07, 6.45) is 6.32. The minimum atomic E-state index is -0.431. The highest BCUT2D eigenvalue weighted by Crippen LogP contribution is 2.19. The topological polar surface area (TPSA) is 66.7 Å². The first-order valence-electron chi connectivity index (χ1n) is 9.37. The maximum atomic E-state index is 13.0. The maximum absolute atomic E-state index is 13.0. The summed E-state index contributed by atoms with van der Waals surface area (Å²) in [6, 6.07) is 12.9. The number of halogens is 1. The predicted octanol–water partition coefficient (Wildman–Crippen LogP) is 3.65. The Morgan fingerprint density at radius 1 is 1.03 bits per heavy atom. The monoisotopic (exact) mass is 395 g/mol. The van der Waals surface area contributed by atoms with Crippen molar-refractivity contribution in [2.75, 3.05) is 26.2 Å². The fraction of sp³-hybridized carbons (Fsp3) is 0.227. The molecule has 1 fully saturated rings. The summed E-state index contributed by atoms with van der Waals surface area (Å²) in [6.45, 7) is 3.49. The molecule has 1 aliphatic rings. The van der Waals surface area contributed by atoms with Crippen molar-refractivity contribution in [3.8, 4) is 0 Å². The normalized spacial score (nSPS) is 15.3. The van der Waals surface area contributed by atoms with Gasteiger partial charge in [-0.25, -0.2) is 4.39 Å². The van der Waals surface area contributed by atoms with Crippen LogP contribution in [0.15, 0.2) is 66.8 Å². The molecule has 29 heavy (non-hydrogen) atoms. The van der Waals surface area contributed by atoms with Crippen LogP contribution in [0.2, 0.25) is 0 Å². The summed E-state index contributed by atoms with van der Waals surface area (Å²) in [4.78, 5) is 26.9. The van der Waals surface area contributed by atoms with E-state index in [1.807, 2.05) is 0 Å². The summed E-state index contributed by atoms with van der Waals surface area (Å²) < 4.78 is 13.0. The Kier molecular flexibility index (Phi) is 6.86. The smallest absolute Gasteiger partial charge is 0.276 e. The zero-order valence-electron chi connectivity index (χ0n) is 15.9. The molecular weight excluding hydrogens is 373 g/mol. The van der Waals surface area contributed by atoms with E-state index in [4.69, 9.17) is 0 Å². The Morgan fingerprint density at radius 3 is 2.41 bits per heavy atom. The summed E-state index contributed by atoms with van der Waals surface area (Å²) >= 11 is 0. The summed E-state index contributed by atoms with van der Waals surface area (Å²) in [5.41, 5.74) is 1.57. The van der Waals surface area contributed by atoms with Gasteiger partial charge in [-0.2, -0.15) is 0 Å². The minimum absolute atomic E-state index is 0.0285. The van der Waals surface area contributed by atoms with Gasteiger partial charge in [0.2, 0.25) is 5.91 Å². The molecule has 3 rings (SSSR count). The Hall–Kier alpha value is -3.32. The van der Waals surface area contributed by atoms with Crippen LogP contribution in [-0.2, 0) is 11.3 Å². The molecule has 1 aliphatic heterocycles. The highest BCUT2D eigenvalue weighted by molar-refractivity contribution is 5.88. The molecule has 150 valence electrons. The summed E-state index contributed by atoms with van der Waals surface area (Å²) in [7, 11) is 0. The molecule has 0 unspecified atom stereocenters. The SMILES string of the molecule is O=C(C=CC=Cc1ccccc1[N+](=O)[O-])N1CCN(Cc2ccc(F)cc2)CC1. The first-order chi connectivity index (χ1) is 14.0. The van der Waals surface area contributed by atoms with E-state index in [0.717, 1.165) is 25.2 Å². The van der Waals surface area contributed by atoms with E-state index in [1.165, 1.54) is 24.3 Å². The van der Waals surface area contributed by atoms with E-state index in [2.05, 4.69) is 4.90 Å². The molecule has 0 atom stereocenters. The van der Waals surface area contributed by atoms with Crippen molar-refractivity contribution in [3.05, 3.63) is 93.8 Å². The van der Waals surface area contributed by atoms with Crippen LogP contribution in [0.4, 0.5) is 10.1 Å². The Balaban J connectivity index is 1.48. The third kappa shape index (κ3) is 5.83. The van der Waals surface area contributed by atoms with Gasteiger partial charge >= 0.3 is 0 Å². The van der Waals surface area contributed by atoms with Gasteiger partial charge in [0, 0.05) is 44.9 Å². The van der Waals surface area contributed by atoms with Crippen molar-refractivity contribution >= 4 is 17.7 Å². The largest absolute Gasteiger partial charge is 0.337 e. The second-order valence-corrected chi connectivity index (χ2v) is 6.76. The molecule has 0 N–H and O–H groups in total. The maximum Gasteiger partial charge on any atom is 0.276 e. The van der Waals surface area contributed by atoms with Crippen molar-refractivity contribution in [2.45, 2.75) is 6.54 Å². The number of piperazine rings is 1. The lowest BCUT2D eigenvalue weighted by molar-refractivity contribution is -0.385. The first kappa shape index (κ1) is 20.4. The van der Waals surface area contributed by atoms with Gasteiger partial charge < -0.3 is 4.90 Å². The molecule has 0 saturated carbocycles. The van der Waals surface area contributed by atoms with Gasteiger partial charge in [0.25, 0.3) is 5.69 Å². The lowest BCUT2D eigenvalue weighted by atomic mass is 10.1. The molecule has 1 amide bonds. The van der Waals surface area contributed by atoms with Gasteiger partial charge in [0.05, 0.1) is 10.5 Å². The Morgan fingerprint density at radius 2 is 1.72 bits per heavy atom. The van der Waals surface area contributed by atoms with E-state index < -0.39 is 4.92 Å². The Bertz CT molecular complexity index is 917. The molecule has 1 saturated heterocycles. The molecule has 2 aromatic rings. The van der Waals surface area contributed by atoms with Crippen LogP contribution in [-0.4, -0.2) is 46.8 Å². The highest BCUT2D eigenvalue weighted by atomic mass is 19.1. The average molecular weight is 395 g/mol. The molecule has 0 spiro atoms. The van der Waals surface area contributed by atoms with E-state index >= 15 is 0 Å². The van der Waals surface area contributed by atoms with Crippen molar-refractivity contribution in [3.63, 3.8) is 0 Å². The number of carbonyl (C=O) groups is 1. The molecule has 6 nitrogen and oxygen atoms in total. The van der Waals surface area contributed by atoms with Gasteiger partial charge in [-0.05, 0) is 29.8 Å². The van der Waals surface area contributed by atoms with Crippen LogP contribution in [0.25, 0.3) is 6.08 Å². The second kappa shape index (κ2) is 9.75. The number of hydrogen-bond acceptors (Lipinski definition) is 4. The zero-order valence-corrected chi connectivity index (χ0v) is 15.9. The second-order valence-electron chi connectivity index (χ2n) is 6.76. The van der Waals surface area contributed by atoms with Crippen molar-refractivity contribution in [2.24, 2.45) is 0 Å². The molecule has 0 bridgehead atoms. The van der Waals surface area contributed by atoms with Crippen molar-refractivity contribution < 1.29 is 14.1 Å². The first-order valence-corrected chi connectivity index (χ1v) is 9.37. The number of nitro groups is 1. The number of benzene rings is 2. The molecular formula is C22H22FN3O3. The summed E-state index contributed by atoms with van der Waals surface area (Å²) in [5, 5.41) is 11.0. The number of para-hydroxylation sites is 1. The third-order valence-corrected chi connectivity index (χ3v) is 4.76. The predicted molar refractivity (Wildman–Crippen MR) is 110 cm³/mol. The molecule has 2 aromatic carbocycles. The van der Waals surface area contributed by atoms with E-state index in [-0.39, 0.29) is 17.4 Å². The lowest BCUT2D eigenvalue weighted by Crippen LogP contribution is -2.47. The third-order valence-electron chi connectivity index (χ3n) is 4.76. The van der Waals surface area contributed by atoms with Crippen LogP contribution >= 0.6 is 0 Å². The lowest BCUT2D eigenvalue weighted by Gasteiger charge is -2.34. The number of amides is 1. The number of allylic oxidation sites excluding steroid dienone is 2. The van der Waals surface area contributed by atoms with E-state index in [1.54, 1.807) is 53.5 Å². The van der Waals surface area contributed by atoms with E-state index in [0.29, 0.717) is 18.7 Å². The fourth-order valence-electron chi connectivity index (χ4n) is 3.17. The molecule has 0 aromatic heterocycles. The van der Waals surface area contributed by atoms with Gasteiger partial charge in [-0.3, -0.25) is 19.8 Å². The Labute approximate surface area is 168 Å². The van der Waals surface area contributed by atoms with Crippen LogP contribution in [0.3, 0.4) is 0 Å². The average Bonchev–Trinajstić information content (AvgIpc) is 2.73. The van der Waals surface area contributed by atoms with Crippen LogP contribution < -0.4 is 0 Å².